The van der Waals surface area contributed by atoms with Crippen molar-refractivity contribution in [2.24, 2.45) is 0 Å². The van der Waals surface area contributed by atoms with Gasteiger partial charge in [0.15, 0.2) is 0 Å². The van der Waals surface area contributed by atoms with Gasteiger partial charge in [0.25, 0.3) is 0 Å². The molecule has 19 heavy (non-hydrogen) atoms. The van der Waals surface area contributed by atoms with E-state index in [0.717, 1.165) is 11.1 Å². The molecule has 0 spiro atoms. The monoisotopic (exact) mass is 277 g/mol. The van der Waals surface area contributed by atoms with Crippen molar-refractivity contribution in [2.75, 3.05) is 5.32 Å². The lowest BCUT2D eigenvalue weighted by molar-refractivity contribution is -0.115. The van der Waals surface area contributed by atoms with Gasteiger partial charge in [-0.25, -0.2) is 4.39 Å². The number of aryl methyl sites for hydroxylation is 1. The number of carbonyl (C=O) groups is 1. The van der Waals surface area contributed by atoms with Gasteiger partial charge in [0.05, 0.1) is 6.42 Å². The van der Waals surface area contributed by atoms with Crippen molar-refractivity contribution in [3.8, 4) is 0 Å². The van der Waals surface area contributed by atoms with E-state index in [4.69, 9.17) is 11.6 Å². The Morgan fingerprint density at radius 3 is 2.74 bits per heavy atom. The summed E-state index contributed by atoms with van der Waals surface area (Å²) in [6.07, 6.45) is 0.162. The first kappa shape index (κ1) is 13.6. The number of anilines is 1. The highest BCUT2D eigenvalue weighted by Gasteiger charge is 2.08. The molecule has 0 atom stereocenters. The van der Waals surface area contributed by atoms with Crippen molar-refractivity contribution in [1.82, 2.24) is 0 Å². The molecule has 0 heterocycles. The number of benzene rings is 2. The van der Waals surface area contributed by atoms with Gasteiger partial charge in [0, 0.05) is 10.7 Å². The maximum absolute atomic E-state index is 13.1. The highest BCUT2D eigenvalue weighted by molar-refractivity contribution is 6.31. The number of rotatable bonds is 3. The zero-order chi connectivity index (χ0) is 13.8. The Hall–Kier alpha value is -1.87. The Morgan fingerprint density at radius 1 is 1.26 bits per heavy atom. The molecule has 2 aromatic rings. The van der Waals surface area contributed by atoms with Crippen LogP contribution in [0.3, 0.4) is 0 Å². The Morgan fingerprint density at radius 2 is 2.00 bits per heavy atom. The standard InChI is InChI=1S/C15H13ClFNO/c1-10-6-7-12(17)9-14(10)18-15(19)8-11-4-2-3-5-13(11)16/h2-7,9H,8H2,1H3,(H,18,19). The first-order chi connectivity index (χ1) is 9.06. The van der Waals surface area contributed by atoms with Crippen molar-refractivity contribution < 1.29 is 9.18 Å². The van der Waals surface area contributed by atoms with Crippen molar-refractivity contribution in [2.45, 2.75) is 13.3 Å². The third kappa shape index (κ3) is 3.55. The lowest BCUT2D eigenvalue weighted by Crippen LogP contribution is -2.15. The minimum Gasteiger partial charge on any atom is -0.325 e. The van der Waals surface area contributed by atoms with Crippen LogP contribution in [-0.2, 0) is 11.2 Å². The molecule has 0 radical (unpaired) electrons. The first-order valence-corrected chi connectivity index (χ1v) is 6.23. The average Bonchev–Trinajstić information content (AvgIpc) is 2.37. The third-order valence-corrected chi connectivity index (χ3v) is 3.15. The maximum Gasteiger partial charge on any atom is 0.228 e. The van der Waals surface area contributed by atoms with Crippen molar-refractivity contribution >= 4 is 23.2 Å². The highest BCUT2D eigenvalue weighted by atomic mass is 35.5. The zero-order valence-electron chi connectivity index (χ0n) is 10.4. The second kappa shape index (κ2) is 5.85. The van der Waals surface area contributed by atoms with Gasteiger partial charge in [-0.05, 0) is 36.2 Å². The fourth-order valence-electron chi connectivity index (χ4n) is 1.74. The second-order valence-corrected chi connectivity index (χ2v) is 4.68. The Kier molecular flexibility index (Phi) is 4.17. The summed E-state index contributed by atoms with van der Waals surface area (Å²) in [6, 6.07) is 11.4. The molecule has 2 aromatic carbocycles. The number of nitrogens with one attached hydrogen (secondary N) is 1. The molecule has 0 aliphatic heterocycles. The Balaban J connectivity index is 2.10. The zero-order valence-corrected chi connectivity index (χ0v) is 11.2. The number of hydrogen-bond acceptors (Lipinski definition) is 1. The van der Waals surface area contributed by atoms with Gasteiger partial charge in [-0.2, -0.15) is 0 Å². The molecule has 0 fully saturated rings. The minimum absolute atomic E-state index is 0.162. The van der Waals surface area contributed by atoms with Crippen LogP contribution in [0, 0.1) is 12.7 Å². The van der Waals surface area contributed by atoms with Crippen LogP contribution in [0.4, 0.5) is 10.1 Å². The van der Waals surface area contributed by atoms with Crippen LogP contribution in [0.1, 0.15) is 11.1 Å². The predicted octanol–water partition coefficient (Wildman–Crippen LogP) is 3.97. The Labute approximate surface area is 116 Å². The Bertz CT molecular complexity index is 613. The van der Waals surface area contributed by atoms with E-state index in [1.807, 2.05) is 13.0 Å². The summed E-state index contributed by atoms with van der Waals surface area (Å²) in [5.74, 6) is -0.597. The van der Waals surface area contributed by atoms with Crippen molar-refractivity contribution in [3.05, 3.63) is 64.4 Å². The number of amides is 1. The maximum atomic E-state index is 13.1. The van der Waals surface area contributed by atoms with Gasteiger partial charge >= 0.3 is 0 Å². The first-order valence-electron chi connectivity index (χ1n) is 5.85. The van der Waals surface area contributed by atoms with E-state index in [-0.39, 0.29) is 18.1 Å². The molecule has 98 valence electrons. The second-order valence-electron chi connectivity index (χ2n) is 4.28. The van der Waals surface area contributed by atoms with Crippen LogP contribution in [0.15, 0.2) is 42.5 Å². The molecule has 1 N–H and O–H groups in total. The van der Waals surface area contributed by atoms with Gasteiger partial charge in [-0.1, -0.05) is 35.9 Å². The van der Waals surface area contributed by atoms with Crippen LogP contribution < -0.4 is 5.32 Å². The predicted molar refractivity (Wildman–Crippen MR) is 74.9 cm³/mol. The molecule has 0 unspecified atom stereocenters. The van der Waals surface area contributed by atoms with E-state index in [9.17, 15) is 9.18 Å². The number of carbonyl (C=O) groups excluding carboxylic acids is 1. The summed E-state index contributed by atoms with van der Waals surface area (Å²) in [5, 5.41) is 3.24. The summed E-state index contributed by atoms with van der Waals surface area (Å²) in [4.78, 5) is 11.9. The summed E-state index contributed by atoms with van der Waals surface area (Å²) < 4.78 is 13.1. The smallest absolute Gasteiger partial charge is 0.228 e. The fourth-order valence-corrected chi connectivity index (χ4v) is 1.94. The lowest BCUT2D eigenvalue weighted by Gasteiger charge is -2.09. The molecule has 0 aliphatic rings. The van der Waals surface area contributed by atoms with E-state index < -0.39 is 0 Å². The minimum atomic E-state index is -0.376. The largest absolute Gasteiger partial charge is 0.325 e. The molecule has 0 bridgehead atoms. The van der Waals surface area contributed by atoms with Gasteiger partial charge in [0.1, 0.15) is 5.82 Å². The van der Waals surface area contributed by atoms with E-state index in [2.05, 4.69) is 5.32 Å². The van der Waals surface area contributed by atoms with Crippen LogP contribution in [-0.4, -0.2) is 5.91 Å². The third-order valence-electron chi connectivity index (χ3n) is 2.78. The quantitative estimate of drug-likeness (QED) is 0.904. The van der Waals surface area contributed by atoms with E-state index in [1.165, 1.54) is 12.1 Å². The fraction of sp³-hybridized carbons (Fsp3) is 0.133. The molecule has 4 heteroatoms. The molecule has 1 amide bonds. The van der Waals surface area contributed by atoms with Crippen molar-refractivity contribution in [3.63, 3.8) is 0 Å². The topological polar surface area (TPSA) is 29.1 Å². The molecule has 0 aliphatic carbocycles. The number of hydrogen-bond donors (Lipinski definition) is 1. The van der Waals surface area contributed by atoms with Crippen molar-refractivity contribution in [1.29, 1.82) is 0 Å². The number of halogens is 2. The van der Waals surface area contributed by atoms with Gasteiger partial charge < -0.3 is 5.32 Å². The normalized spacial score (nSPS) is 10.3. The summed E-state index contributed by atoms with van der Waals surface area (Å²) in [7, 11) is 0. The van der Waals surface area contributed by atoms with Crippen LogP contribution >= 0.6 is 11.6 Å². The highest BCUT2D eigenvalue weighted by Crippen LogP contribution is 2.18. The average molecular weight is 278 g/mol. The lowest BCUT2D eigenvalue weighted by atomic mass is 10.1. The summed E-state index contributed by atoms with van der Waals surface area (Å²) >= 11 is 5.99. The molecule has 2 nitrogen and oxygen atoms in total. The van der Waals surface area contributed by atoms with Gasteiger partial charge in [-0.15, -0.1) is 0 Å². The van der Waals surface area contributed by atoms with Crippen LogP contribution in [0.5, 0.6) is 0 Å². The molecular formula is C15H13ClFNO. The van der Waals surface area contributed by atoms with Crippen LogP contribution in [0.2, 0.25) is 5.02 Å². The van der Waals surface area contributed by atoms with Gasteiger partial charge in [0.2, 0.25) is 5.91 Å². The molecule has 2 rings (SSSR count). The van der Waals surface area contributed by atoms with Crippen LogP contribution in [0.25, 0.3) is 0 Å². The van der Waals surface area contributed by atoms with E-state index in [0.29, 0.717) is 10.7 Å². The molecule has 0 saturated heterocycles. The summed E-state index contributed by atoms with van der Waals surface area (Å²) in [6.45, 7) is 1.81. The molecule has 0 saturated carbocycles. The van der Waals surface area contributed by atoms with Gasteiger partial charge in [-0.3, -0.25) is 4.79 Å². The van der Waals surface area contributed by atoms with E-state index >= 15 is 0 Å². The van der Waals surface area contributed by atoms with E-state index in [1.54, 1.807) is 24.3 Å². The SMILES string of the molecule is Cc1ccc(F)cc1NC(=O)Cc1ccccc1Cl. The molecule has 0 aromatic heterocycles. The molecular weight excluding hydrogens is 265 g/mol. The summed E-state index contributed by atoms with van der Waals surface area (Å²) in [5.41, 5.74) is 2.04.